The zero-order valence-corrected chi connectivity index (χ0v) is 17.6. The number of amides is 4. The molecule has 0 unspecified atom stereocenters. The van der Waals surface area contributed by atoms with Crippen LogP contribution in [0.1, 0.15) is 35.9 Å². The van der Waals surface area contributed by atoms with Gasteiger partial charge in [-0.25, -0.2) is 9.18 Å². The fraction of sp³-hybridized carbons (Fsp3) is 0.391. The van der Waals surface area contributed by atoms with Gasteiger partial charge >= 0.3 is 6.03 Å². The summed E-state index contributed by atoms with van der Waals surface area (Å²) < 4.78 is 19.8. The first kappa shape index (κ1) is 21.9. The van der Waals surface area contributed by atoms with Crippen LogP contribution < -0.4 is 5.32 Å². The van der Waals surface area contributed by atoms with E-state index in [4.69, 9.17) is 4.74 Å². The average Bonchev–Trinajstić information content (AvgIpc) is 3.13. The van der Waals surface area contributed by atoms with Gasteiger partial charge in [0.2, 0.25) is 11.8 Å². The van der Waals surface area contributed by atoms with Crippen molar-refractivity contribution in [2.75, 3.05) is 32.8 Å². The molecule has 2 saturated heterocycles. The molecule has 1 aromatic carbocycles. The summed E-state index contributed by atoms with van der Waals surface area (Å²) >= 11 is 0. The number of urea groups is 1. The van der Waals surface area contributed by atoms with Crippen molar-refractivity contribution in [1.82, 2.24) is 20.1 Å². The molecule has 0 saturated carbocycles. The summed E-state index contributed by atoms with van der Waals surface area (Å²) in [5.74, 6) is -0.582. The monoisotopic (exact) mass is 440 g/mol. The summed E-state index contributed by atoms with van der Waals surface area (Å²) in [6, 6.07) is 11.8. The molecule has 32 heavy (non-hydrogen) atoms. The molecule has 1 N–H and O–H groups in total. The number of hydrogen-bond donors (Lipinski definition) is 1. The number of benzene rings is 1. The van der Waals surface area contributed by atoms with Gasteiger partial charge in [-0.05, 0) is 30.2 Å². The molecular weight excluding hydrogens is 415 g/mol. The lowest BCUT2D eigenvalue weighted by Gasteiger charge is -2.33. The fourth-order valence-corrected chi connectivity index (χ4v) is 3.90. The summed E-state index contributed by atoms with van der Waals surface area (Å²) in [5.41, 5.74) is 2.01. The van der Waals surface area contributed by atoms with Crippen molar-refractivity contribution in [1.29, 1.82) is 0 Å². The second kappa shape index (κ2) is 9.86. The van der Waals surface area contributed by atoms with Crippen molar-refractivity contribution >= 4 is 17.8 Å². The number of aromatic nitrogens is 1. The molecule has 2 aliphatic heterocycles. The average molecular weight is 440 g/mol. The molecule has 0 aliphatic carbocycles. The van der Waals surface area contributed by atoms with E-state index >= 15 is 0 Å². The van der Waals surface area contributed by atoms with Crippen molar-refractivity contribution in [3.8, 4) is 0 Å². The normalized spacial score (nSPS) is 18.7. The third-order valence-corrected chi connectivity index (χ3v) is 5.62. The highest BCUT2D eigenvalue weighted by Gasteiger charge is 2.29. The minimum atomic E-state index is -0.407. The Morgan fingerprint density at radius 2 is 2.03 bits per heavy atom. The predicted octanol–water partition coefficient (Wildman–Crippen LogP) is 2.04. The summed E-state index contributed by atoms with van der Waals surface area (Å²) in [4.78, 5) is 43.4. The van der Waals surface area contributed by atoms with Crippen LogP contribution >= 0.6 is 0 Å². The van der Waals surface area contributed by atoms with Crippen molar-refractivity contribution in [3.63, 3.8) is 0 Å². The van der Waals surface area contributed by atoms with Crippen LogP contribution in [-0.2, 0) is 20.7 Å². The van der Waals surface area contributed by atoms with E-state index in [1.807, 2.05) is 18.2 Å². The Morgan fingerprint density at radius 3 is 2.81 bits per heavy atom. The summed E-state index contributed by atoms with van der Waals surface area (Å²) in [6.07, 6.45) is 0.666. The fourth-order valence-electron chi connectivity index (χ4n) is 3.90. The van der Waals surface area contributed by atoms with E-state index in [9.17, 15) is 18.8 Å². The van der Waals surface area contributed by atoms with E-state index in [1.165, 1.54) is 6.07 Å². The van der Waals surface area contributed by atoms with Gasteiger partial charge in [-0.3, -0.25) is 19.5 Å². The van der Waals surface area contributed by atoms with Crippen LogP contribution in [0.15, 0.2) is 42.5 Å². The van der Waals surface area contributed by atoms with E-state index < -0.39 is 6.03 Å². The largest absolute Gasteiger partial charge is 0.368 e. The standard InChI is InChI=1S/C23H25FN4O4/c24-18-7-2-1-5-16(18)13-17-6-3-8-19(26-17)20-15-27(11-12-32-20)21(29)9-4-10-28-22(30)14-25-23(28)31/h1-3,5-8,20H,4,9-15H2,(H,25,31)/t20-/m1/s1. The maximum absolute atomic E-state index is 14.0. The van der Waals surface area contributed by atoms with Crippen LogP contribution in [0.25, 0.3) is 0 Å². The molecule has 4 rings (SSSR count). The first-order valence-corrected chi connectivity index (χ1v) is 10.7. The Balaban J connectivity index is 1.33. The zero-order chi connectivity index (χ0) is 22.5. The molecule has 9 heteroatoms. The van der Waals surface area contributed by atoms with Crippen LogP contribution in [0.2, 0.25) is 0 Å². The van der Waals surface area contributed by atoms with Crippen molar-refractivity contribution in [3.05, 3.63) is 65.2 Å². The van der Waals surface area contributed by atoms with Crippen molar-refractivity contribution < 1.29 is 23.5 Å². The number of halogens is 1. The first-order chi connectivity index (χ1) is 15.5. The van der Waals surface area contributed by atoms with Gasteiger partial charge < -0.3 is 15.0 Å². The van der Waals surface area contributed by atoms with Crippen molar-refractivity contribution in [2.24, 2.45) is 0 Å². The Morgan fingerprint density at radius 1 is 1.19 bits per heavy atom. The first-order valence-electron chi connectivity index (χ1n) is 10.7. The van der Waals surface area contributed by atoms with Gasteiger partial charge in [-0.15, -0.1) is 0 Å². The zero-order valence-electron chi connectivity index (χ0n) is 17.6. The number of nitrogens with one attached hydrogen (secondary N) is 1. The Kier molecular flexibility index (Phi) is 6.75. The highest BCUT2D eigenvalue weighted by molar-refractivity contribution is 6.01. The molecule has 2 fully saturated rings. The molecule has 2 aromatic rings. The molecular formula is C23H25FN4O4. The Hall–Kier alpha value is -3.33. The number of pyridine rings is 1. The lowest BCUT2D eigenvalue weighted by Crippen LogP contribution is -2.42. The summed E-state index contributed by atoms with van der Waals surface area (Å²) in [6.45, 7) is 1.48. The number of carbonyl (C=O) groups is 3. The lowest BCUT2D eigenvalue weighted by molar-refractivity contribution is -0.139. The SMILES string of the molecule is O=C(CCCN1C(=O)CNC1=O)N1CCO[C@@H](c2cccc(Cc3ccccc3F)n2)C1. The van der Waals surface area contributed by atoms with Gasteiger partial charge in [0, 0.05) is 31.6 Å². The van der Waals surface area contributed by atoms with Gasteiger partial charge in [0.15, 0.2) is 0 Å². The molecule has 168 valence electrons. The Labute approximate surface area is 185 Å². The maximum atomic E-state index is 14.0. The summed E-state index contributed by atoms with van der Waals surface area (Å²) in [5, 5.41) is 2.47. The third kappa shape index (κ3) is 5.11. The molecule has 1 aromatic heterocycles. The Bertz CT molecular complexity index is 999. The van der Waals surface area contributed by atoms with Gasteiger partial charge in [-0.1, -0.05) is 24.3 Å². The van der Waals surface area contributed by atoms with Crippen molar-refractivity contribution in [2.45, 2.75) is 25.4 Å². The number of ether oxygens (including phenoxy) is 1. The second-order valence-electron chi connectivity index (χ2n) is 7.83. The molecule has 4 amide bonds. The highest BCUT2D eigenvalue weighted by atomic mass is 19.1. The van der Waals surface area contributed by atoms with Crippen LogP contribution in [0.4, 0.5) is 9.18 Å². The third-order valence-electron chi connectivity index (χ3n) is 5.62. The topological polar surface area (TPSA) is 91.8 Å². The quantitative estimate of drug-likeness (QED) is 0.666. The second-order valence-corrected chi connectivity index (χ2v) is 7.83. The molecule has 0 bridgehead atoms. The lowest BCUT2D eigenvalue weighted by atomic mass is 10.1. The minimum Gasteiger partial charge on any atom is -0.368 e. The van der Waals surface area contributed by atoms with Gasteiger partial charge in [0.25, 0.3) is 0 Å². The number of hydrogen-bond acceptors (Lipinski definition) is 5. The minimum absolute atomic E-state index is 0.0148. The number of rotatable bonds is 7. The molecule has 2 aliphatic rings. The van der Waals surface area contributed by atoms with Crippen LogP contribution in [-0.4, -0.2) is 65.4 Å². The smallest absolute Gasteiger partial charge is 0.324 e. The van der Waals surface area contributed by atoms with E-state index in [0.717, 1.165) is 10.6 Å². The molecule has 0 radical (unpaired) electrons. The molecule has 1 atom stereocenters. The predicted molar refractivity (Wildman–Crippen MR) is 113 cm³/mol. The number of nitrogens with zero attached hydrogens (tertiary/aromatic N) is 3. The van der Waals surface area contributed by atoms with Gasteiger partial charge in [0.05, 0.1) is 25.4 Å². The summed E-state index contributed by atoms with van der Waals surface area (Å²) in [7, 11) is 0. The van der Waals surface area contributed by atoms with Crippen LogP contribution in [0, 0.1) is 5.82 Å². The number of carbonyl (C=O) groups excluding carboxylic acids is 3. The van der Waals surface area contributed by atoms with E-state index in [-0.39, 0.29) is 43.2 Å². The number of morpholine rings is 1. The number of imide groups is 1. The molecule has 3 heterocycles. The van der Waals surface area contributed by atoms with E-state index in [1.54, 1.807) is 23.1 Å². The van der Waals surface area contributed by atoms with Crippen LogP contribution in [0.5, 0.6) is 0 Å². The highest BCUT2D eigenvalue weighted by Crippen LogP contribution is 2.22. The van der Waals surface area contributed by atoms with Gasteiger partial charge in [0.1, 0.15) is 11.9 Å². The maximum Gasteiger partial charge on any atom is 0.324 e. The van der Waals surface area contributed by atoms with Crippen LogP contribution in [0.3, 0.4) is 0 Å². The molecule has 0 spiro atoms. The van der Waals surface area contributed by atoms with E-state index in [0.29, 0.717) is 43.8 Å². The van der Waals surface area contributed by atoms with Gasteiger partial charge in [-0.2, -0.15) is 0 Å². The molecule has 8 nitrogen and oxygen atoms in total. The van der Waals surface area contributed by atoms with E-state index in [2.05, 4.69) is 10.3 Å².